The van der Waals surface area contributed by atoms with E-state index in [-0.39, 0.29) is 5.60 Å². The molecular weight excluding hydrogens is 145 g/mol. The molecule has 1 N–H and O–H groups in total. The fourth-order valence-corrected chi connectivity index (χ4v) is 1.51. The van der Waals surface area contributed by atoms with Gasteiger partial charge in [-0.25, -0.2) is 4.39 Å². The van der Waals surface area contributed by atoms with E-state index < -0.39 is 5.67 Å². The van der Waals surface area contributed by atoms with E-state index in [1.165, 1.54) is 0 Å². The van der Waals surface area contributed by atoms with E-state index in [1.54, 1.807) is 21.0 Å². The number of nitrogens with one attached hydrogen (secondary N) is 1. The molecule has 0 amide bonds. The number of rotatable bonds is 3. The van der Waals surface area contributed by atoms with Crippen molar-refractivity contribution in [1.82, 2.24) is 5.32 Å². The van der Waals surface area contributed by atoms with Gasteiger partial charge in [-0.15, -0.1) is 0 Å². The molecule has 1 aliphatic heterocycles. The third-order valence-electron chi connectivity index (χ3n) is 2.07. The molecule has 2 nitrogen and oxygen atoms in total. The first kappa shape index (κ1) is 8.94. The van der Waals surface area contributed by atoms with Crippen molar-refractivity contribution in [1.29, 1.82) is 0 Å². The quantitative estimate of drug-likeness (QED) is 0.669. The van der Waals surface area contributed by atoms with E-state index in [2.05, 4.69) is 5.32 Å². The van der Waals surface area contributed by atoms with Crippen LogP contribution in [0.3, 0.4) is 0 Å². The molecule has 0 unspecified atom stereocenters. The molecule has 0 atom stereocenters. The van der Waals surface area contributed by atoms with Gasteiger partial charge in [0.1, 0.15) is 5.67 Å². The first-order valence-electron chi connectivity index (χ1n) is 3.92. The van der Waals surface area contributed by atoms with Crippen LogP contribution in [0, 0.1) is 0 Å². The first-order chi connectivity index (χ1) is 4.97. The highest BCUT2D eigenvalue weighted by Gasteiger charge is 2.41. The molecule has 3 heteroatoms. The van der Waals surface area contributed by atoms with Gasteiger partial charge in [-0.2, -0.15) is 0 Å². The molecule has 0 aromatic heterocycles. The van der Waals surface area contributed by atoms with Gasteiger partial charge < -0.3 is 10.1 Å². The summed E-state index contributed by atoms with van der Waals surface area (Å²) in [5, 5.41) is 3.08. The molecule has 66 valence electrons. The first-order valence-corrected chi connectivity index (χ1v) is 3.92. The Hall–Kier alpha value is -0.150. The number of hydrogen-bond acceptors (Lipinski definition) is 2. The molecule has 1 heterocycles. The van der Waals surface area contributed by atoms with Gasteiger partial charge in [-0.1, -0.05) is 0 Å². The van der Waals surface area contributed by atoms with Crippen molar-refractivity contribution in [3.05, 3.63) is 0 Å². The number of methoxy groups -OCH3 is 1. The van der Waals surface area contributed by atoms with Crippen LogP contribution in [0.5, 0.6) is 0 Å². The van der Waals surface area contributed by atoms with Crippen molar-refractivity contribution < 1.29 is 9.13 Å². The summed E-state index contributed by atoms with van der Waals surface area (Å²) < 4.78 is 18.4. The van der Waals surface area contributed by atoms with Gasteiger partial charge in [0.25, 0.3) is 0 Å². The molecule has 1 fully saturated rings. The summed E-state index contributed by atoms with van der Waals surface area (Å²) in [6.07, 6.45) is 0.476. The third kappa shape index (κ3) is 2.14. The van der Waals surface area contributed by atoms with Crippen molar-refractivity contribution in [2.45, 2.75) is 31.5 Å². The summed E-state index contributed by atoms with van der Waals surface area (Å²) in [7, 11) is 1.65. The summed E-state index contributed by atoms with van der Waals surface area (Å²) in [5.41, 5.74) is -1.36. The lowest BCUT2D eigenvalue weighted by Gasteiger charge is -2.43. The second-order valence-corrected chi connectivity index (χ2v) is 3.89. The smallest absolute Gasteiger partial charge is 0.108 e. The zero-order valence-corrected chi connectivity index (χ0v) is 7.41. The predicted octanol–water partition coefficient (Wildman–Crippen LogP) is 1.11. The highest BCUT2D eigenvalue weighted by Crippen LogP contribution is 2.29. The van der Waals surface area contributed by atoms with Crippen LogP contribution in [-0.4, -0.2) is 31.5 Å². The lowest BCUT2D eigenvalue weighted by Crippen LogP contribution is -2.62. The minimum atomic E-state index is -1.13. The largest absolute Gasteiger partial charge is 0.375 e. The lowest BCUT2D eigenvalue weighted by molar-refractivity contribution is -0.0836. The molecule has 1 aliphatic rings. The van der Waals surface area contributed by atoms with Crippen molar-refractivity contribution >= 4 is 0 Å². The van der Waals surface area contributed by atoms with E-state index in [0.717, 1.165) is 13.1 Å². The van der Waals surface area contributed by atoms with Gasteiger partial charge in [0.15, 0.2) is 0 Å². The molecule has 0 aliphatic carbocycles. The SMILES string of the molecule is COC1(CC(C)(C)F)CNC1. The summed E-state index contributed by atoms with van der Waals surface area (Å²) in [4.78, 5) is 0. The predicted molar refractivity (Wildman–Crippen MR) is 42.4 cm³/mol. The van der Waals surface area contributed by atoms with Crippen molar-refractivity contribution in [3.63, 3.8) is 0 Å². The van der Waals surface area contributed by atoms with Crippen LogP contribution in [0.2, 0.25) is 0 Å². The number of alkyl halides is 1. The summed E-state index contributed by atoms with van der Waals surface area (Å²) in [6.45, 7) is 4.73. The zero-order chi connectivity index (χ0) is 8.54. The number of halogens is 1. The Labute approximate surface area is 67.1 Å². The van der Waals surface area contributed by atoms with Crippen LogP contribution in [0.1, 0.15) is 20.3 Å². The molecule has 0 saturated carbocycles. The zero-order valence-electron chi connectivity index (χ0n) is 7.41. The maximum absolute atomic E-state index is 13.2. The molecular formula is C8H16FNO. The molecule has 0 aromatic rings. The Kier molecular flexibility index (Phi) is 2.21. The fourth-order valence-electron chi connectivity index (χ4n) is 1.51. The minimum absolute atomic E-state index is 0.238. The van der Waals surface area contributed by atoms with Gasteiger partial charge in [-0.05, 0) is 13.8 Å². The van der Waals surface area contributed by atoms with Crippen LogP contribution < -0.4 is 5.32 Å². The molecule has 0 spiro atoms. The molecule has 1 saturated heterocycles. The van der Waals surface area contributed by atoms with E-state index >= 15 is 0 Å². The average Bonchev–Trinajstić information content (AvgIpc) is 1.77. The van der Waals surface area contributed by atoms with Crippen molar-refractivity contribution in [2.75, 3.05) is 20.2 Å². The molecule has 11 heavy (non-hydrogen) atoms. The Bertz CT molecular complexity index is 132. The second-order valence-electron chi connectivity index (χ2n) is 3.89. The van der Waals surface area contributed by atoms with Gasteiger partial charge in [0, 0.05) is 26.6 Å². The number of hydrogen-bond donors (Lipinski definition) is 1. The van der Waals surface area contributed by atoms with E-state index in [0.29, 0.717) is 6.42 Å². The second kappa shape index (κ2) is 2.72. The fraction of sp³-hybridized carbons (Fsp3) is 1.00. The lowest BCUT2D eigenvalue weighted by atomic mass is 9.85. The minimum Gasteiger partial charge on any atom is -0.375 e. The monoisotopic (exact) mass is 161 g/mol. The van der Waals surface area contributed by atoms with E-state index in [4.69, 9.17) is 4.74 Å². The normalized spacial score (nSPS) is 22.9. The summed E-state index contributed by atoms with van der Waals surface area (Å²) >= 11 is 0. The standard InChI is InChI=1S/C8H16FNO/c1-7(2,9)4-8(11-3)5-10-6-8/h10H,4-6H2,1-3H3. The van der Waals surface area contributed by atoms with Gasteiger partial charge >= 0.3 is 0 Å². The van der Waals surface area contributed by atoms with E-state index in [9.17, 15) is 4.39 Å². The Balaban J connectivity index is 2.45. The van der Waals surface area contributed by atoms with Gasteiger partial charge in [0.05, 0.1) is 5.60 Å². The van der Waals surface area contributed by atoms with Crippen LogP contribution in [-0.2, 0) is 4.74 Å². The third-order valence-corrected chi connectivity index (χ3v) is 2.07. The van der Waals surface area contributed by atoms with Crippen LogP contribution in [0.25, 0.3) is 0 Å². The van der Waals surface area contributed by atoms with Crippen LogP contribution in [0.15, 0.2) is 0 Å². The van der Waals surface area contributed by atoms with Crippen LogP contribution >= 0.6 is 0 Å². The summed E-state index contributed by atoms with van der Waals surface area (Å²) in [5.74, 6) is 0. The Morgan fingerprint density at radius 2 is 2.09 bits per heavy atom. The highest BCUT2D eigenvalue weighted by atomic mass is 19.1. The average molecular weight is 161 g/mol. The Morgan fingerprint density at radius 1 is 1.55 bits per heavy atom. The highest BCUT2D eigenvalue weighted by molar-refractivity contribution is 4.98. The maximum Gasteiger partial charge on any atom is 0.108 e. The topological polar surface area (TPSA) is 21.3 Å². The number of ether oxygens (including phenoxy) is 1. The van der Waals surface area contributed by atoms with Crippen molar-refractivity contribution in [2.24, 2.45) is 0 Å². The Morgan fingerprint density at radius 3 is 2.18 bits per heavy atom. The maximum atomic E-state index is 13.2. The summed E-state index contributed by atoms with van der Waals surface area (Å²) in [6, 6.07) is 0. The molecule has 0 bridgehead atoms. The molecule has 1 rings (SSSR count). The van der Waals surface area contributed by atoms with Crippen LogP contribution in [0.4, 0.5) is 4.39 Å². The van der Waals surface area contributed by atoms with Gasteiger partial charge in [-0.3, -0.25) is 0 Å². The van der Waals surface area contributed by atoms with Gasteiger partial charge in [0.2, 0.25) is 0 Å². The van der Waals surface area contributed by atoms with E-state index in [1.807, 2.05) is 0 Å². The molecule has 0 radical (unpaired) electrons. The molecule has 0 aromatic carbocycles. The van der Waals surface area contributed by atoms with Crippen molar-refractivity contribution in [3.8, 4) is 0 Å².